The predicted molar refractivity (Wildman–Crippen MR) is 117 cm³/mol. The van der Waals surface area contributed by atoms with E-state index in [2.05, 4.69) is 19.2 Å². The highest BCUT2D eigenvalue weighted by Crippen LogP contribution is 2.46. The van der Waals surface area contributed by atoms with E-state index in [1.165, 1.54) is 4.88 Å². The van der Waals surface area contributed by atoms with Gasteiger partial charge in [-0.1, -0.05) is 19.9 Å². The van der Waals surface area contributed by atoms with Gasteiger partial charge in [0.1, 0.15) is 0 Å². The van der Waals surface area contributed by atoms with Crippen molar-refractivity contribution in [2.45, 2.75) is 52.5 Å². The van der Waals surface area contributed by atoms with Gasteiger partial charge in [0.15, 0.2) is 0 Å². The quantitative estimate of drug-likeness (QED) is 0.760. The van der Waals surface area contributed by atoms with Gasteiger partial charge in [-0.15, -0.1) is 11.3 Å². The van der Waals surface area contributed by atoms with Gasteiger partial charge in [-0.25, -0.2) is 4.79 Å². The Morgan fingerprint density at radius 3 is 2.76 bits per heavy atom. The van der Waals surface area contributed by atoms with Crippen molar-refractivity contribution < 1.29 is 14.7 Å². The summed E-state index contributed by atoms with van der Waals surface area (Å²) in [5.74, 6) is -0.712. The van der Waals surface area contributed by atoms with E-state index in [1.807, 2.05) is 30.1 Å². The fraction of sp³-hybridized carbons (Fsp3) is 0.478. The first-order valence-electron chi connectivity index (χ1n) is 10.3. The van der Waals surface area contributed by atoms with Gasteiger partial charge in [0.05, 0.1) is 5.56 Å². The SMILES string of the molecule is CNCc1ccc(N2CCCC2=O)cc1-c1sc2c(c1C(=O)O)CC(C)(C)CC2. The highest BCUT2D eigenvalue weighted by atomic mass is 32.1. The molecule has 1 aliphatic heterocycles. The summed E-state index contributed by atoms with van der Waals surface area (Å²) in [5, 5.41) is 13.3. The number of aryl methyl sites for hydroxylation is 1. The lowest BCUT2D eigenvalue weighted by Crippen LogP contribution is -2.24. The smallest absolute Gasteiger partial charge is 0.337 e. The maximum atomic E-state index is 12.3. The molecule has 0 radical (unpaired) electrons. The molecule has 0 saturated carbocycles. The van der Waals surface area contributed by atoms with Gasteiger partial charge < -0.3 is 15.3 Å². The first kappa shape index (κ1) is 20.1. The van der Waals surface area contributed by atoms with Gasteiger partial charge in [0.25, 0.3) is 0 Å². The number of hydrogen-bond donors (Lipinski definition) is 2. The first-order valence-corrected chi connectivity index (χ1v) is 11.1. The van der Waals surface area contributed by atoms with Crippen LogP contribution >= 0.6 is 11.3 Å². The van der Waals surface area contributed by atoms with Crippen LogP contribution in [0.15, 0.2) is 18.2 Å². The maximum Gasteiger partial charge on any atom is 0.337 e. The zero-order valence-corrected chi connectivity index (χ0v) is 18.1. The van der Waals surface area contributed by atoms with E-state index in [-0.39, 0.29) is 11.3 Å². The van der Waals surface area contributed by atoms with Crippen LogP contribution in [0.5, 0.6) is 0 Å². The molecule has 4 rings (SSSR count). The zero-order valence-electron chi connectivity index (χ0n) is 17.3. The summed E-state index contributed by atoms with van der Waals surface area (Å²) < 4.78 is 0. The van der Waals surface area contributed by atoms with E-state index in [4.69, 9.17) is 0 Å². The van der Waals surface area contributed by atoms with Crippen LogP contribution in [0.25, 0.3) is 10.4 Å². The summed E-state index contributed by atoms with van der Waals surface area (Å²) in [5.41, 5.74) is 4.44. The molecule has 1 saturated heterocycles. The molecular weight excluding hydrogens is 384 g/mol. The summed E-state index contributed by atoms with van der Waals surface area (Å²) in [6.45, 7) is 5.80. The predicted octanol–water partition coefficient (Wildman–Crippen LogP) is 4.47. The second-order valence-electron chi connectivity index (χ2n) is 8.87. The number of nitrogens with one attached hydrogen (secondary N) is 1. The molecule has 1 aromatic heterocycles. The van der Waals surface area contributed by atoms with Crippen LogP contribution in [-0.2, 0) is 24.2 Å². The third kappa shape index (κ3) is 3.71. The molecule has 29 heavy (non-hydrogen) atoms. The fourth-order valence-electron chi connectivity index (χ4n) is 4.55. The van der Waals surface area contributed by atoms with Crippen LogP contribution in [0.4, 0.5) is 5.69 Å². The summed E-state index contributed by atoms with van der Waals surface area (Å²) in [6, 6.07) is 6.03. The van der Waals surface area contributed by atoms with Gasteiger partial charge in [-0.3, -0.25) is 4.79 Å². The molecule has 1 aromatic carbocycles. The second-order valence-corrected chi connectivity index (χ2v) is 9.98. The number of rotatable bonds is 5. The topological polar surface area (TPSA) is 69.6 Å². The Morgan fingerprint density at radius 2 is 2.10 bits per heavy atom. The number of carbonyl (C=O) groups excluding carboxylic acids is 1. The average molecular weight is 413 g/mol. The van der Waals surface area contributed by atoms with Crippen LogP contribution in [0.1, 0.15) is 59.5 Å². The lowest BCUT2D eigenvalue weighted by Gasteiger charge is -2.29. The normalized spacial score (nSPS) is 18.2. The number of anilines is 1. The van der Waals surface area contributed by atoms with E-state index in [0.29, 0.717) is 18.5 Å². The van der Waals surface area contributed by atoms with Crippen LogP contribution in [0.3, 0.4) is 0 Å². The minimum atomic E-state index is -0.853. The van der Waals surface area contributed by atoms with Gasteiger partial charge in [0, 0.05) is 35.0 Å². The Kier molecular flexibility index (Phi) is 5.25. The van der Waals surface area contributed by atoms with Gasteiger partial charge >= 0.3 is 5.97 Å². The van der Waals surface area contributed by atoms with Crippen molar-refractivity contribution in [3.63, 3.8) is 0 Å². The van der Waals surface area contributed by atoms with Crippen molar-refractivity contribution in [1.82, 2.24) is 5.32 Å². The molecule has 5 nitrogen and oxygen atoms in total. The number of fused-ring (bicyclic) bond motifs is 1. The highest BCUT2D eigenvalue weighted by Gasteiger charge is 2.33. The number of aromatic carboxylic acids is 1. The van der Waals surface area contributed by atoms with Crippen LogP contribution < -0.4 is 10.2 Å². The van der Waals surface area contributed by atoms with Crippen molar-refractivity contribution in [3.8, 4) is 10.4 Å². The van der Waals surface area contributed by atoms with E-state index >= 15 is 0 Å². The van der Waals surface area contributed by atoms with E-state index < -0.39 is 5.97 Å². The first-order chi connectivity index (χ1) is 13.8. The maximum absolute atomic E-state index is 12.3. The molecule has 2 N–H and O–H groups in total. The third-order valence-corrected chi connectivity index (χ3v) is 7.40. The van der Waals surface area contributed by atoms with Crippen molar-refractivity contribution in [2.75, 3.05) is 18.5 Å². The number of carboxylic acids is 1. The lowest BCUT2D eigenvalue weighted by molar-refractivity contribution is -0.117. The summed E-state index contributed by atoms with van der Waals surface area (Å²) in [7, 11) is 1.89. The average Bonchev–Trinajstić information content (AvgIpc) is 3.24. The Labute approximate surface area is 175 Å². The van der Waals surface area contributed by atoms with E-state index in [0.717, 1.165) is 59.5 Å². The molecule has 1 amide bonds. The molecule has 2 aromatic rings. The monoisotopic (exact) mass is 412 g/mol. The molecule has 2 aliphatic rings. The van der Waals surface area contributed by atoms with Gasteiger partial charge in [0.2, 0.25) is 5.91 Å². The Bertz CT molecular complexity index is 977. The standard InChI is InChI=1S/C23H28N2O3S/c1-23(2)9-8-18-17(12-23)20(22(27)28)21(29-18)16-11-15(7-6-14(16)13-24-3)25-10-4-5-19(25)26/h6-7,11,24H,4-5,8-10,12-13H2,1-3H3,(H,27,28). The van der Waals surface area contributed by atoms with E-state index in [1.54, 1.807) is 11.3 Å². The molecule has 1 fully saturated rings. The molecule has 2 heterocycles. The summed E-state index contributed by atoms with van der Waals surface area (Å²) >= 11 is 1.62. The molecule has 6 heteroatoms. The van der Waals surface area contributed by atoms with Crippen molar-refractivity contribution in [1.29, 1.82) is 0 Å². The van der Waals surface area contributed by atoms with Crippen LogP contribution in [-0.4, -0.2) is 30.6 Å². The highest BCUT2D eigenvalue weighted by molar-refractivity contribution is 7.16. The van der Waals surface area contributed by atoms with Crippen molar-refractivity contribution >= 4 is 28.9 Å². The lowest BCUT2D eigenvalue weighted by atomic mass is 9.76. The summed E-state index contributed by atoms with van der Waals surface area (Å²) in [6.07, 6.45) is 4.25. The number of carboxylic acid groups (broad SMARTS) is 1. The number of amides is 1. The van der Waals surface area contributed by atoms with Crippen LogP contribution in [0, 0.1) is 5.41 Å². The van der Waals surface area contributed by atoms with Crippen molar-refractivity contribution in [3.05, 3.63) is 39.8 Å². The number of hydrogen-bond acceptors (Lipinski definition) is 4. The molecular formula is C23H28N2O3S. The van der Waals surface area contributed by atoms with E-state index in [9.17, 15) is 14.7 Å². The van der Waals surface area contributed by atoms with Gasteiger partial charge in [-0.05, 0) is 67.0 Å². The molecule has 1 aliphatic carbocycles. The second kappa shape index (κ2) is 7.58. The molecule has 154 valence electrons. The minimum Gasteiger partial charge on any atom is -0.478 e. The molecule has 0 unspecified atom stereocenters. The number of benzene rings is 1. The largest absolute Gasteiger partial charge is 0.478 e. The number of nitrogens with zero attached hydrogens (tertiary/aromatic N) is 1. The summed E-state index contributed by atoms with van der Waals surface area (Å²) in [4.78, 5) is 28.4. The zero-order chi connectivity index (χ0) is 20.8. The Hall–Kier alpha value is -2.18. The molecule has 0 atom stereocenters. The number of thiophene rings is 1. The molecule has 0 bridgehead atoms. The van der Waals surface area contributed by atoms with Crippen molar-refractivity contribution in [2.24, 2.45) is 5.41 Å². The van der Waals surface area contributed by atoms with Gasteiger partial charge in [-0.2, -0.15) is 0 Å². The number of carbonyl (C=O) groups is 2. The minimum absolute atomic E-state index is 0.118. The Morgan fingerprint density at radius 1 is 1.31 bits per heavy atom. The molecule has 0 spiro atoms. The van der Waals surface area contributed by atoms with Crippen LogP contribution in [0.2, 0.25) is 0 Å². The fourth-order valence-corrected chi connectivity index (χ4v) is 5.91. The third-order valence-electron chi connectivity index (χ3n) is 6.08. The Balaban J connectivity index is 1.88.